The van der Waals surface area contributed by atoms with Crippen LogP contribution in [0.1, 0.15) is 54.1 Å². The molecule has 0 unspecified atom stereocenters. The average Bonchev–Trinajstić information content (AvgIpc) is 3.21. The van der Waals surface area contributed by atoms with Gasteiger partial charge in [0.25, 0.3) is 5.91 Å². The lowest BCUT2D eigenvalue weighted by Gasteiger charge is -2.09. The first-order valence-corrected chi connectivity index (χ1v) is 8.30. The number of fused-ring (bicyclic) bond motifs is 1. The number of aryl methyl sites for hydroxylation is 2. The Hall–Kier alpha value is -2.23. The highest BCUT2D eigenvalue weighted by molar-refractivity contribution is 5.91. The van der Waals surface area contributed by atoms with E-state index in [-0.39, 0.29) is 11.9 Å². The molecule has 1 aromatic heterocycles. The van der Waals surface area contributed by atoms with Crippen molar-refractivity contribution in [1.29, 1.82) is 0 Å². The number of hydrogen-bond donors (Lipinski definition) is 1. The number of nitrogens with one attached hydrogen (secondary N) is 1. The van der Waals surface area contributed by atoms with E-state index < -0.39 is 0 Å². The smallest absolute Gasteiger partial charge is 0.287 e. The third-order valence-corrected chi connectivity index (χ3v) is 4.33. The zero-order valence-corrected chi connectivity index (χ0v) is 13.7. The van der Waals surface area contributed by atoms with Gasteiger partial charge in [0.1, 0.15) is 18.1 Å². The van der Waals surface area contributed by atoms with Gasteiger partial charge in [0.15, 0.2) is 5.76 Å². The summed E-state index contributed by atoms with van der Waals surface area (Å²) in [5.74, 6) is 1.66. The molecule has 0 saturated heterocycles. The Morgan fingerprint density at radius 1 is 1.26 bits per heavy atom. The minimum Gasteiger partial charge on any atom is -0.486 e. The number of carbonyl (C=O) groups excluding carboxylic acids is 1. The van der Waals surface area contributed by atoms with Crippen molar-refractivity contribution in [2.45, 2.75) is 52.2 Å². The fourth-order valence-electron chi connectivity index (χ4n) is 2.77. The maximum atomic E-state index is 12.0. The van der Waals surface area contributed by atoms with Crippen molar-refractivity contribution in [3.8, 4) is 5.75 Å². The van der Waals surface area contributed by atoms with E-state index in [4.69, 9.17) is 9.15 Å². The molecule has 1 heterocycles. The first-order valence-electron chi connectivity index (χ1n) is 8.30. The van der Waals surface area contributed by atoms with Crippen molar-refractivity contribution >= 4 is 5.91 Å². The van der Waals surface area contributed by atoms with Crippen LogP contribution in [0.15, 0.2) is 34.7 Å². The summed E-state index contributed by atoms with van der Waals surface area (Å²) in [6.07, 6.45) is 4.42. The second-order valence-corrected chi connectivity index (χ2v) is 6.12. The van der Waals surface area contributed by atoms with Gasteiger partial charge in [0.2, 0.25) is 0 Å². The van der Waals surface area contributed by atoms with Crippen molar-refractivity contribution in [1.82, 2.24) is 5.32 Å². The molecule has 0 spiro atoms. The Labute approximate surface area is 136 Å². The largest absolute Gasteiger partial charge is 0.486 e. The SMILES string of the molecule is CC[C@H](C)NC(=O)c1ccc(COc2ccc3c(c2)CCC3)o1. The Morgan fingerprint density at radius 3 is 2.91 bits per heavy atom. The van der Waals surface area contributed by atoms with Crippen LogP contribution in [0.25, 0.3) is 0 Å². The molecule has 4 heteroatoms. The average molecular weight is 313 g/mol. The minimum atomic E-state index is -0.178. The zero-order chi connectivity index (χ0) is 16.2. The quantitative estimate of drug-likeness (QED) is 0.880. The molecule has 1 aromatic carbocycles. The van der Waals surface area contributed by atoms with E-state index in [0.717, 1.165) is 18.6 Å². The van der Waals surface area contributed by atoms with Crippen LogP contribution in [0.5, 0.6) is 5.75 Å². The second-order valence-electron chi connectivity index (χ2n) is 6.12. The molecule has 0 aliphatic heterocycles. The number of furan rings is 1. The van der Waals surface area contributed by atoms with Crippen molar-refractivity contribution in [2.24, 2.45) is 0 Å². The monoisotopic (exact) mass is 313 g/mol. The van der Waals surface area contributed by atoms with Gasteiger partial charge in [0, 0.05) is 6.04 Å². The van der Waals surface area contributed by atoms with Crippen LogP contribution in [0, 0.1) is 0 Å². The van der Waals surface area contributed by atoms with Crippen LogP contribution >= 0.6 is 0 Å². The van der Waals surface area contributed by atoms with Gasteiger partial charge in [-0.05, 0) is 68.0 Å². The maximum absolute atomic E-state index is 12.0. The Bertz CT molecular complexity index is 690. The number of amides is 1. The summed E-state index contributed by atoms with van der Waals surface area (Å²) in [6, 6.07) is 9.88. The van der Waals surface area contributed by atoms with Crippen molar-refractivity contribution in [3.63, 3.8) is 0 Å². The molecule has 1 N–H and O–H groups in total. The predicted molar refractivity (Wildman–Crippen MR) is 88.7 cm³/mol. The van der Waals surface area contributed by atoms with Gasteiger partial charge < -0.3 is 14.5 Å². The Kier molecular flexibility index (Phi) is 4.70. The summed E-state index contributed by atoms with van der Waals surface area (Å²) in [4.78, 5) is 12.0. The number of hydrogen-bond acceptors (Lipinski definition) is 3. The predicted octanol–water partition coefficient (Wildman–Crippen LogP) is 3.88. The molecule has 0 saturated carbocycles. The number of benzene rings is 1. The molecule has 4 nitrogen and oxygen atoms in total. The van der Waals surface area contributed by atoms with Crippen LogP contribution in [-0.4, -0.2) is 11.9 Å². The van der Waals surface area contributed by atoms with Crippen LogP contribution in [0.4, 0.5) is 0 Å². The second kappa shape index (κ2) is 6.90. The summed E-state index contributed by atoms with van der Waals surface area (Å²) in [5, 5.41) is 2.89. The Morgan fingerprint density at radius 2 is 2.09 bits per heavy atom. The molecule has 0 bridgehead atoms. The lowest BCUT2D eigenvalue weighted by Crippen LogP contribution is -2.31. The molecule has 0 fully saturated rings. The third kappa shape index (κ3) is 3.76. The Balaban J connectivity index is 1.58. The van der Waals surface area contributed by atoms with E-state index >= 15 is 0 Å². The minimum absolute atomic E-state index is 0.138. The van der Waals surface area contributed by atoms with Gasteiger partial charge in [-0.25, -0.2) is 0 Å². The van der Waals surface area contributed by atoms with E-state index in [1.165, 1.54) is 24.0 Å². The molecule has 1 aliphatic carbocycles. The first kappa shape index (κ1) is 15.7. The lowest BCUT2D eigenvalue weighted by molar-refractivity contribution is 0.0907. The number of rotatable bonds is 6. The molecule has 0 radical (unpaired) electrons. The molecule has 23 heavy (non-hydrogen) atoms. The van der Waals surface area contributed by atoms with Gasteiger partial charge in [-0.3, -0.25) is 4.79 Å². The van der Waals surface area contributed by atoms with E-state index in [2.05, 4.69) is 17.4 Å². The molecular formula is C19H23NO3. The van der Waals surface area contributed by atoms with Crippen molar-refractivity contribution in [2.75, 3.05) is 0 Å². The number of carbonyl (C=O) groups is 1. The summed E-state index contributed by atoms with van der Waals surface area (Å²) < 4.78 is 11.4. The molecular weight excluding hydrogens is 290 g/mol. The summed E-state index contributed by atoms with van der Waals surface area (Å²) in [5.41, 5.74) is 2.81. The standard InChI is InChI=1S/C19H23NO3/c1-3-13(2)20-19(21)18-10-9-17(23-18)12-22-16-8-7-14-5-4-6-15(14)11-16/h7-11,13H,3-6,12H2,1-2H3,(H,20,21)/t13-/m0/s1. The summed E-state index contributed by atoms with van der Waals surface area (Å²) in [6.45, 7) is 4.33. The van der Waals surface area contributed by atoms with E-state index in [1.54, 1.807) is 12.1 Å². The highest BCUT2D eigenvalue weighted by Gasteiger charge is 2.14. The normalized spacial score (nSPS) is 14.3. The fraction of sp³-hybridized carbons (Fsp3) is 0.421. The molecule has 1 aliphatic rings. The molecule has 3 rings (SSSR count). The van der Waals surface area contributed by atoms with E-state index in [0.29, 0.717) is 18.1 Å². The molecule has 122 valence electrons. The topological polar surface area (TPSA) is 51.5 Å². The first-order chi connectivity index (χ1) is 11.2. The van der Waals surface area contributed by atoms with Gasteiger partial charge in [-0.15, -0.1) is 0 Å². The van der Waals surface area contributed by atoms with Gasteiger partial charge >= 0.3 is 0 Å². The van der Waals surface area contributed by atoms with Crippen LogP contribution in [-0.2, 0) is 19.4 Å². The van der Waals surface area contributed by atoms with Gasteiger partial charge in [-0.2, -0.15) is 0 Å². The summed E-state index contributed by atoms with van der Waals surface area (Å²) >= 11 is 0. The van der Waals surface area contributed by atoms with Crippen molar-refractivity contribution in [3.05, 3.63) is 53.0 Å². The number of ether oxygens (including phenoxy) is 1. The van der Waals surface area contributed by atoms with Crippen molar-refractivity contribution < 1.29 is 13.9 Å². The molecule has 2 aromatic rings. The fourth-order valence-corrected chi connectivity index (χ4v) is 2.77. The summed E-state index contributed by atoms with van der Waals surface area (Å²) in [7, 11) is 0. The van der Waals surface area contributed by atoms with Gasteiger partial charge in [-0.1, -0.05) is 13.0 Å². The maximum Gasteiger partial charge on any atom is 0.287 e. The highest BCUT2D eigenvalue weighted by Crippen LogP contribution is 2.26. The van der Waals surface area contributed by atoms with E-state index in [1.807, 2.05) is 19.9 Å². The lowest BCUT2D eigenvalue weighted by atomic mass is 10.1. The van der Waals surface area contributed by atoms with Crippen LogP contribution in [0.3, 0.4) is 0 Å². The van der Waals surface area contributed by atoms with E-state index in [9.17, 15) is 4.79 Å². The van der Waals surface area contributed by atoms with Crippen LogP contribution in [0.2, 0.25) is 0 Å². The highest BCUT2D eigenvalue weighted by atomic mass is 16.5. The molecule has 1 amide bonds. The van der Waals surface area contributed by atoms with Crippen LogP contribution < -0.4 is 10.1 Å². The third-order valence-electron chi connectivity index (χ3n) is 4.33. The van der Waals surface area contributed by atoms with Gasteiger partial charge in [0.05, 0.1) is 0 Å². The zero-order valence-electron chi connectivity index (χ0n) is 13.7. The molecule has 1 atom stereocenters.